The van der Waals surface area contributed by atoms with Crippen molar-refractivity contribution < 1.29 is 14.3 Å². The summed E-state index contributed by atoms with van der Waals surface area (Å²) in [7, 11) is 0. The van der Waals surface area contributed by atoms with Gasteiger partial charge in [-0.1, -0.05) is 30.8 Å². The number of anilines is 2. The monoisotopic (exact) mass is 542 g/mol. The Kier molecular flexibility index (Phi) is 5.93. The van der Waals surface area contributed by atoms with Crippen molar-refractivity contribution in [3.8, 4) is 0 Å². The standard InChI is InChI=1S/C31H38N6O3/c1-4-26(38)36-18-31(19-36)16-35(17-31)25(13-30-10-21(11-30)12-30)23-8-6-22(7-9-23)20(3)33-28-32-14-24-15-40-29(39)37(5-2)27(24)34-28/h4,6-9,14,20-21,25H,1,5,10-13,15-19H2,2-3H3,(H,32,33,34)/t20-,21?,25+,30?/m0/s1. The molecule has 3 saturated carbocycles. The quantitative estimate of drug-likeness (QED) is 0.460. The minimum absolute atomic E-state index is 0.00409. The molecule has 1 N–H and O–H groups in total. The Morgan fingerprint density at radius 3 is 2.50 bits per heavy atom. The number of hydrogen-bond donors (Lipinski definition) is 1. The molecule has 3 aliphatic heterocycles. The van der Waals surface area contributed by atoms with Crippen LogP contribution in [0.1, 0.15) is 68.3 Å². The molecule has 210 valence electrons. The average molecular weight is 543 g/mol. The molecule has 1 aromatic carbocycles. The first-order valence-electron chi connectivity index (χ1n) is 14.6. The third-order valence-corrected chi connectivity index (χ3v) is 10.00. The number of nitrogens with zero attached hydrogens (tertiary/aromatic N) is 5. The molecule has 2 bridgehead atoms. The van der Waals surface area contributed by atoms with Crippen molar-refractivity contribution in [2.45, 2.75) is 58.2 Å². The number of rotatable bonds is 9. The molecule has 4 heterocycles. The Morgan fingerprint density at radius 2 is 1.88 bits per heavy atom. The van der Waals surface area contributed by atoms with Crippen LogP contribution in [0.25, 0.3) is 0 Å². The van der Waals surface area contributed by atoms with Gasteiger partial charge in [-0.05, 0) is 68.1 Å². The van der Waals surface area contributed by atoms with Crippen LogP contribution in [0, 0.1) is 16.7 Å². The van der Waals surface area contributed by atoms with Crippen LogP contribution >= 0.6 is 0 Å². The highest BCUT2D eigenvalue weighted by molar-refractivity contribution is 5.89. The lowest BCUT2D eigenvalue weighted by Crippen LogP contribution is -2.73. The smallest absolute Gasteiger partial charge is 0.415 e. The third kappa shape index (κ3) is 4.17. The lowest BCUT2D eigenvalue weighted by Gasteiger charge is -2.66. The number of ether oxygens (including phenoxy) is 1. The van der Waals surface area contributed by atoms with E-state index in [-0.39, 0.29) is 30.1 Å². The second kappa shape index (κ2) is 9.29. The Morgan fingerprint density at radius 1 is 1.18 bits per heavy atom. The van der Waals surface area contributed by atoms with Crippen molar-refractivity contribution in [3.05, 3.63) is 59.8 Å². The molecule has 6 aliphatic rings. The number of fused-ring (bicyclic) bond motifs is 1. The van der Waals surface area contributed by atoms with E-state index in [1.807, 2.05) is 11.8 Å². The number of cyclic esters (lactones) is 1. The molecule has 1 spiro atoms. The summed E-state index contributed by atoms with van der Waals surface area (Å²) in [6.45, 7) is 12.2. The zero-order valence-electron chi connectivity index (χ0n) is 23.4. The molecule has 2 amide bonds. The lowest BCUT2D eigenvalue weighted by molar-refractivity contribution is -0.172. The van der Waals surface area contributed by atoms with Gasteiger partial charge in [0.25, 0.3) is 0 Å². The molecule has 5 fully saturated rings. The van der Waals surface area contributed by atoms with Crippen LogP contribution in [-0.4, -0.2) is 64.5 Å². The summed E-state index contributed by atoms with van der Waals surface area (Å²) in [6, 6.07) is 9.47. The average Bonchev–Trinajstić information content (AvgIpc) is 2.86. The van der Waals surface area contributed by atoms with E-state index in [0.717, 1.165) is 37.7 Å². The van der Waals surface area contributed by atoms with E-state index >= 15 is 0 Å². The number of carbonyl (C=O) groups is 2. The van der Waals surface area contributed by atoms with Gasteiger partial charge < -0.3 is 15.0 Å². The molecule has 3 aliphatic carbocycles. The normalized spacial score (nSPS) is 27.2. The van der Waals surface area contributed by atoms with Crippen LogP contribution in [0.5, 0.6) is 0 Å². The second-order valence-corrected chi connectivity index (χ2v) is 12.9. The topological polar surface area (TPSA) is 90.9 Å². The SMILES string of the molecule is C=CC(=O)N1CC2(C1)CN([C@H](CC13CC(C1)C3)c1ccc([C@H](C)Nc3ncc4c(n3)N(CC)C(=O)OC4)cc1)C2. The van der Waals surface area contributed by atoms with Crippen molar-refractivity contribution in [2.24, 2.45) is 16.7 Å². The van der Waals surface area contributed by atoms with Gasteiger partial charge in [-0.15, -0.1) is 0 Å². The number of carbonyl (C=O) groups excluding carboxylic acids is 2. The summed E-state index contributed by atoms with van der Waals surface area (Å²) in [5.74, 6) is 2.15. The van der Waals surface area contributed by atoms with Crippen molar-refractivity contribution >= 4 is 23.8 Å². The minimum Gasteiger partial charge on any atom is -0.444 e. The van der Waals surface area contributed by atoms with Crippen LogP contribution in [0.4, 0.5) is 16.6 Å². The first kappa shape index (κ1) is 25.5. The predicted molar refractivity (Wildman–Crippen MR) is 152 cm³/mol. The molecule has 0 unspecified atom stereocenters. The Balaban J connectivity index is 1.03. The van der Waals surface area contributed by atoms with Crippen LogP contribution < -0.4 is 10.2 Å². The zero-order chi connectivity index (χ0) is 27.6. The number of hydrogen-bond acceptors (Lipinski definition) is 7. The molecular formula is C31H38N6O3. The number of aromatic nitrogens is 2. The first-order valence-corrected chi connectivity index (χ1v) is 14.6. The van der Waals surface area contributed by atoms with E-state index in [1.54, 1.807) is 6.20 Å². The van der Waals surface area contributed by atoms with E-state index in [1.165, 1.54) is 47.8 Å². The number of nitrogens with one attached hydrogen (secondary N) is 1. The van der Waals surface area contributed by atoms with Gasteiger partial charge in [0.15, 0.2) is 0 Å². The van der Waals surface area contributed by atoms with Gasteiger partial charge >= 0.3 is 6.09 Å². The summed E-state index contributed by atoms with van der Waals surface area (Å²) >= 11 is 0. The first-order chi connectivity index (χ1) is 19.3. The molecule has 2 saturated heterocycles. The predicted octanol–water partition coefficient (Wildman–Crippen LogP) is 4.69. The van der Waals surface area contributed by atoms with Crippen molar-refractivity contribution in [3.63, 3.8) is 0 Å². The van der Waals surface area contributed by atoms with E-state index in [9.17, 15) is 9.59 Å². The van der Waals surface area contributed by atoms with Gasteiger partial charge in [0.2, 0.25) is 11.9 Å². The fourth-order valence-corrected chi connectivity index (χ4v) is 7.73. The zero-order valence-corrected chi connectivity index (χ0v) is 23.4. The fourth-order valence-electron chi connectivity index (χ4n) is 7.73. The molecule has 9 nitrogen and oxygen atoms in total. The maximum absolute atomic E-state index is 12.1. The van der Waals surface area contributed by atoms with Crippen LogP contribution in [0.3, 0.4) is 0 Å². The highest BCUT2D eigenvalue weighted by atomic mass is 16.6. The van der Waals surface area contributed by atoms with Gasteiger partial charge in [-0.3, -0.25) is 14.6 Å². The summed E-state index contributed by atoms with van der Waals surface area (Å²) < 4.78 is 5.20. The molecule has 0 radical (unpaired) electrons. The van der Waals surface area contributed by atoms with E-state index in [0.29, 0.717) is 29.8 Å². The van der Waals surface area contributed by atoms with Crippen molar-refractivity contribution in [1.82, 2.24) is 19.8 Å². The number of benzene rings is 1. The minimum atomic E-state index is -0.371. The number of amides is 2. The van der Waals surface area contributed by atoms with Crippen LogP contribution in [0.2, 0.25) is 0 Å². The lowest BCUT2D eigenvalue weighted by atomic mass is 9.42. The molecule has 2 aromatic rings. The van der Waals surface area contributed by atoms with Crippen molar-refractivity contribution in [2.75, 3.05) is 42.9 Å². The summed E-state index contributed by atoms with van der Waals surface area (Å²) in [5.41, 5.74) is 4.19. The van der Waals surface area contributed by atoms with E-state index in [2.05, 4.69) is 58.0 Å². The summed E-state index contributed by atoms with van der Waals surface area (Å²) in [6.07, 6.45) is 8.23. The molecule has 40 heavy (non-hydrogen) atoms. The van der Waals surface area contributed by atoms with E-state index in [4.69, 9.17) is 4.74 Å². The highest BCUT2D eigenvalue weighted by Crippen LogP contribution is 2.68. The maximum atomic E-state index is 12.1. The van der Waals surface area contributed by atoms with E-state index < -0.39 is 0 Å². The highest BCUT2D eigenvalue weighted by Gasteiger charge is 2.59. The molecule has 8 rings (SSSR count). The van der Waals surface area contributed by atoms with Gasteiger partial charge in [0.1, 0.15) is 12.4 Å². The van der Waals surface area contributed by atoms with Gasteiger partial charge in [-0.2, -0.15) is 4.98 Å². The summed E-state index contributed by atoms with van der Waals surface area (Å²) in [5, 5.41) is 3.42. The van der Waals surface area contributed by atoms with Crippen LogP contribution in [0.15, 0.2) is 43.1 Å². The Labute approximate surface area is 235 Å². The number of likely N-dealkylation sites (tertiary alicyclic amines) is 2. The fraction of sp³-hybridized carbons (Fsp3) is 0.548. The van der Waals surface area contributed by atoms with Gasteiger partial charge in [0.05, 0.1) is 11.6 Å². The largest absolute Gasteiger partial charge is 0.444 e. The maximum Gasteiger partial charge on any atom is 0.415 e. The summed E-state index contributed by atoms with van der Waals surface area (Å²) in [4.78, 5) is 39.3. The Hall–Kier alpha value is -3.46. The van der Waals surface area contributed by atoms with Gasteiger partial charge in [0, 0.05) is 50.4 Å². The molecule has 2 atom stereocenters. The third-order valence-electron chi connectivity index (χ3n) is 10.00. The Bertz CT molecular complexity index is 1330. The van der Waals surface area contributed by atoms with Gasteiger partial charge in [-0.25, -0.2) is 9.78 Å². The second-order valence-electron chi connectivity index (χ2n) is 12.9. The molecular weight excluding hydrogens is 504 g/mol. The van der Waals surface area contributed by atoms with Crippen LogP contribution in [-0.2, 0) is 16.1 Å². The van der Waals surface area contributed by atoms with Crippen molar-refractivity contribution in [1.29, 1.82) is 0 Å². The molecule has 9 heteroatoms. The molecule has 1 aromatic heterocycles.